The van der Waals surface area contributed by atoms with Crippen LogP contribution in [0.4, 0.5) is 0 Å². The summed E-state index contributed by atoms with van der Waals surface area (Å²) in [5.74, 6) is 0.860. The topological polar surface area (TPSA) is 93.7 Å². The average Bonchev–Trinajstić information content (AvgIpc) is 2.65. The molecule has 0 heterocycles. The van der Waals surface area contributed by atoms with Gasteiger partial charge in [0.2, 0.25) is 10.0 Å². The van der Waals surface area contributed by atoms with Gasteiger partial charge in [0.05, 0.1) is 18.0 Å². The van der Waals surface area contributed by atoms with Gasteiger partial charge in [-0.2, -0.15) is 0 Å². The van der Waals surface area contributed by atoms with Crippen LogP contribution in [0.1, 0.15) is 37.9 Å². The van der Waals surface area contributed by atoms with E-state index in [4.69, 9.17) is 9.47 Å². The Kier molecular flexibility index (Phi) is 7.64. The van der Waals surface area contributed by atoms with E-state index in [-0.39, 0.29) is 29.5 Å². The molecule has 2 aromatic carbocycles. The number of amides is 1. The summed E-state index contributed by atoms with van der Waals surface area (Å²) in [6.07, 6.45) is 0. The molecule has 0 radical (unpaired) electrons. The van der Waals surface area contributed by atoms with E-state index in [1.165, 1.54) is 12.1 Å². The third-order valence-corrected chi connectivity index (χ3v) is 5.85. The van der Waals surface area contributed by atoms with Crippen molar-refractivity contribution in [1.82, 2.24) is 10.0 Å². The van der Waals surface area contributed by atoms with Crippen LogP contribution in [0.5, 0.6) is 11.5 Å². The van der Waals surface area contributed by atoms with Gasteiger partial charge in [-0.25, -0.2) is 13.1 Å². The Balaban J connectivity index is 2.00. The highest BCUT2D eigenvalue weighted by molar-refractivity contribution is 7.89. The minimum absolute atomic E-state index is 0.158. The highest BCUT2D eigenvalue weighted by Crippen LogP contribution is 2.25. The Bertz CT molecular complexity index is 957. The van der Waals surface area contributed by atoms with Gasteiger partial charge in [0.25, 0.3) is 5.91 Å². The second-order valence-corrected chi connectivity index (χ2v) is 8.74. The molecule has 0 saturated carbocycles. The minimum atomic E-state index is -3.58. The molecule has 158 valence electrons. The van der Waals surface area contributed by atoms with Crippen LogP contribution in [0.2, 0.25) is 0 Å². The Hall–Kier alpha value is -2.58. The van der Waals surface area contributed by atoms with Crippen LogP contribution in [0.3, 0.4) is 0 Å². The molecular weight excluding hydrogens is 392 g/mol. The van der Waals surface area contributed by atoms with Crippen LogP contribution in [0.15, 0.2) is 47.4 Å². The lowest BCUT2D eigenvalue weighted by atomic mass is 10.1. The van der Waals surface area contributed by atoms with Crippen LogP contribution in [-0.4, -0.2) is 34.1 Å². The summed E-state index contributed by atoms with van der Waals surface area (Å²) in [5.41, 5.74) is 1.49. The lowest BCUT2D eigenvalue weighted by molar-refractivity contribution is -0.123. The molecule has 29 heavy (non-hydrogen) atoms. The lowest BCUT2D eigenvalue weighted by Crippen LogP contribution is -2.31. The van der Waals surface area contributed by atoms with Crippen molar-refractivity contribution in [3.63, 3.8) is 0 Å². The quantitative estimate of drug-likeness (QED) is 0.651. The first kappa shape index (κ1) is 22.7. The number of hydrogen-bond acceptors (Lipinski definition) is 5. The zero-order valence-electron chi connectivity index (χ0n) is 17.4. The van der Waals surface area contributed by atoms with Gasteiger partial charge in [0.15, 0.2) is 6.61 Å². The van der Waals surface area contributed by atoms with Crippen LogP contribution in [0, 0.1) is 6.92 Å². The maximum Gasteiger partial charge on any atom is 0.258 e. The number of methoxy groups -OCH3 is 1. The summed E-state index contributed by atoms with van der Waals surface area (Å²) in [5, 5.41) is 2.87. The standard InChI is InChI=1S/C21H28N2O5S/c1-14(2)23-29(25,26)17-10-11-19(15(3)12-17)28-13-21(24)22-16(4)18-8-6-7-9-20(18)27-5/h6-12,14,16,23H,13H2,1-5H3,(H,22,24). The molecular formula is C21H28N2O5S. The summed E-state index contributed by atoms with van der Waals surface area (Å²) in [6.45, 7) is 6.93. The molecule has 1 unspecified atom stereocenters. The van der Waals surface area contributed by atoms with Crippen LogP contribution < -0.4 is 19.5 Å². The van der Waals surface area contributed by atoms with Crippen molar-refractivity contribution in [2.24, 2.45) is 0 Å². The molecule has 2 aromatic rings. The second kappa shape index (κ2) is 9.76. The Morgan fingerprint density at radius 2 is 1.76 bits per heavy atom. The third-order valence-electron chi connectivity index (χ3n) is 4.19. The molecule has 1 atom stereocenters. The molecule has 0 aliphatic carbocycles. The van der Waals surface area contributed by atoms with Gasteiger partial charge in [-0.15, -0.1) is 0 Å². The summed E-state index contributed by atoms with van der Waals surface area (Å²) < 4.78 is 37.9. The minimum Gasteiger partial charge on any atom is -0.496 e. The predicted molar refractivity (Wildman–Crippen MR) is 112 cm³/mol. The maximum absolute atomic E-state index is 12.3. The number of ether oxygens (including phenoxy) is 2. The van der Waals surface area contributed by atoms with Gasteiger partial charge in [-0.05, 0) is 57.5 Å². The van der Waals surface area contributed by atoms with E-state index < -0.39 is 10.0 Å². The summed E-state index contributed by atoms with van der Waals surface area (Å²) >= 11 is 0. The molecule has 0 fully saturated rings. The van der Waals surface area contributed by atoms with Crippen molar-refractivity contribution in [3.8, 4) is 11.5 Å². The number of aryl methyl sites for hydroxylation is 1. The molecule has 0 bridgehead atoms. The fraction of sp³-hybridized carbons (Fsp3) is 0.381. The number of para-hydroxylation sites is 1. The van der Waals surface area contributed by atoms with Gasteiger partial charge in [-0.3, -0.25) is 4.79 Å². The smallest absolute Gasteiger partial charge is 0.258 e. The molecule has 0 saturated heterocycles. The largest absolute Gasteiger partial charge is 0.496 e. The van der Waals surface area contributed by atoms with Gasteiger partial charge in [0, 0.05) is 11.6 Å². The normalized spacial score (nSPS) is 12.5. The molecule has 0 aliphatic heterocycles. The van der Waals surface area contributed by atoms with Gasteiger partial charge in [0.1, 0.15) is 11.5 Å². The lowest BCUT2D eigenvalue weighted by Gasteiger charge is -2.18. The molecule has 0 spiro atoms. The second-order valence-electron chi connectivity index (χ2n) is 7.02. The molecule has 2 N–H and O–H groups in total. The van der Waals surface area contributed by atoms with Crippen LogP contribution in [0.25, 0.3) is 0 Å². The fourth-order valence-corrected chi connectivity index (χ4v) is 4.19. The number of benzene rings is 2. The average molecular weight is 421 g/mol. The Labute approximate surface area is 172 Å². The first-order valence-electron chi connectivity index (χ1n) is 9.32. The third kappa shape index (κ3) is 6.20. The van der Waals surface area contributed by atoms with Crippen LogP contribution >= 0.6 is 0 Å². The SMILES string of the molecule is COc1ccccc1C(C)NC(=O)COc1ccc(S(=O)(=O)NC(C)C)cc1C. The molecule has 7 nitrogen and oxygen atoms in total. The van der Waals surface area contributed by atoms with Crippen molar-refractivity contribution in [1.29, 1.82) is 0 Å². The van der Waals surface area contributed by atoms with Crippen molar-refractivity contribution in [2.45, 2.75) is 44.7 Å². The van der Waals surface area contributed by atoms with E-state index in [1.54, 1.807) is 33.9 Å². The van der Waals surface area contributed by atoms with E-state index >= 15 is 0 Å². The van der Waals surface area contributed by atoms with Crippen LogP contribution in [-0.2, 0) is 14.8 Å². The molecule has 2 rings (SSSR count). The Morgan fingerprint density at radius 1 is 1.07 bits per heavy atom. The number of carbonyl (C=O) groups is 1. The summed E-state index contributed by atoms with van der Waals surface area (Å²) in [4.78, 5) is 12.4. The zero-order chi connectivity index (χ0) is 21.6. The van der Waals surface area contributed by atoms with Gasteiger partial charge < -0.3 is 14.8 Å². The summed E-state index contributed by atoms with van der Waals surface area (Å²) in [7, 11) is -2.00. The van der Waals surface area contributed by atoms with E-state index in [0.717, 1.165) is 5.56 Å². The molecule has 1 amide bonds. The monoisotopic (exact) mass is 420 g/mol. The van der Waals surface area contributed by atoms with Crippen molar-refractivity contribution >= 4 is 15.9 Å². The molecule has 0 aromatic heterocycles. The summed E-state index contributed by atoms with van der Waals surface area (Å²) in [6, 6.07) is 11.6. The van der Waals surface area contributed by atoms with Crippen molar-refractivity contribution in [3.05, 3.63) is 53.6 Å². The number of nitrogens with one attached hydrogen (secondary N) is 2. The van der Waals surface area contributed by atoms with Gasteiger partial charge in [-0.1, -0.05) is 18.2 Å². The zero-order valence-corrected chi connectivity index (χ0v) is 18.2. The van der Waals surface area contributed by atoms with E-state index in [1.807, 2.05) is 31.2 Å². The van der Waals surface area contributed by atoms with Crippen molar-refractivity contribution in [2.75, 3.05) is 13.7 Å². The van der Waals surface area contributed by atoms with E-state index in [0.29, 0.717) is 17.1 Å². The number of sulfonamides is 1. The fourth-order valence-electron chi connectivity index (χ4n) is 2.86. The number of rotatable bonds is 9. The highest BCUT2D eigenvalue weighted by atomic mass is 32.2. The molecule has 0 aliphatic rings. The van der Waals surface area contributed by atoms with E-state index in [9.17, 15) is 13.2 Å². The van der Waals surface area contributed by atoms with E-state index in [2.05, 4.69) is 10.0 Å². The Morgan fingerprint density at radius 3 is 2.38 bits per heavy atom. The number of hydrogen-bond donors (Lipinski definition) is 2. The first-order valence-corrected chi connectivity index (χ1v) is 10.8. The number of carbonyl (C=O) groups excluding carboxylic acids is 1. The first-order chi connectivity index (χ1) is 13.6. The van der Waals surface area contributed by atoms with Gasteiger partial charge >= 0.3 is 0 Å². The maximum atomic E-state index is 12.3. The highest BCUT2D eigenvalue weighted by Gasteiger charge is 2.18. The molecule has 8 heteroatoms. The van der Waals surface area contributed by atoms with Crippen molar-refractivity contribution < 1.29 is 22.7 Å². The predicted octanol–water partition coefficient (Wildman–Crippen LogP) is 2.95.